The monoisotopic (exact) mass is 456 g/mol. The number of fused-ring (bicyclic) bond motifs is 7. The van der Waals surface area contributed by atoms with Crippen molar-refractivity contribution >= 4 is 5.97 Å². The van der Waals surface area contributed by atoms with E-state index in [9.17, 15) is 15.0 Å². The number of aliphatic hydroxyl groups excluding tert-OH is 1. The van der Waals surface area contributed by atoms with E-state index in [-0.39, 0.29) is 33.7 Å². The Bertz CT molecular complexity index is 874. The molecule has 3 nitrogen and oxygen atoms in total. The van der Waals surface area contributed by atoms with Gasteiger partial charge in [-0.15, -0.1) is 0 Å². The molecule has 0 aromatic rings. The molecule has 0 bridgehead atoms. The summed E-state index contributed by atoms with van der Waals surface area (Å²) in [5, 5.41) is 21.4. The van der Waals surface area contributed by atoms with Gasteiger partial charge in [-0.3, -0.25) is 4.79 Å². The maximum absolute atomic E-state index is 12.8. The molecule has 186 valence electrons. The topological polar surface area (TPSA) is 57.5 Å². The Labute approximate surface area is 201 Å². The van der Waals surface area contributed by atoms with E-state index in [2.05, 4.69) is 54.5 Å². The van der Waals surface area contributed by atoms with Crippen LogP contribution in [0.5, 0.6) is 0 Å². The first-order chi connectivity index (χ1) is 15.3. The largest absolute Gasteiger partial charge is 0.481 e. The lowest BCUT2D eigenvalue weighted by Gasteiger charge is -2.71. The summed E-state index contributed by atoms with van der Waals surface area (Å²) >= 11 is 0. The summed E-state index contributed by atoms with van der Waals surface area (Å²) in [5.74, 6) is 1.82. The molecule has 0 radical (unpaired) electrons. The second-order valence-corrected chi connectivity index (χ2v) is 14.5. The molecule has 5 rings (SSSR count). The van der Waals surface area contributed by atoms with E-state index < -0.39 is 11.4 Å². The Hall–Kier alpha value is -0.830. The molecule has 5 aliphatic rings. The van der Waals surface area contributed by atoms with Crippen LogP contribution in [-0.2, 0) is 4.79 Å². The van der Waals surface area contributed by atoms with Gasteiger partial charge in [-0.1, -0.05) is 60.1 Å². The summed E-state index contributed by atoms with van der Waals surface area (Å²) in [7, 11) is 0. The zero-order valence-electron chi connectivity index (χ0n) is 22.2. The Balaban J connectivity index is 1.61. The van der Waals surface area contributed by atoms with Crippen LogP contribution in [0.15, 0.2) is 11.6 Å². The molecule has 4 fully saturated rings. The van der Waals surface area contributed by atoms with Crippen molar-refractivity contribution in [3.8, 4) is 0 Å². The van der Waals surface area contributed by atoms with E-state index in [1.807, 2.05) is 0 Å². The third-order valence-electron chi connectivity index (χ3n) is 13.4. The van der Waals surface area contributed by atoms with Crippen LogP contribution in [0.1, 0.15) is 106 Å². The van der Waals surface area contributed by atoms with Gasteiger partial charge in [-0.05, 0) is 109 Å². The third kappa shape index (κ3) is 2.75. The zero-order valence-corrected chi connectivity index (χ0v) is 22.2. The minimum Gasteiger partial charge on any atom is -0.481 e. The molecular weight excluding hydrogens is 408 g/mol. The van der Waals surface area contributed by atoms with E-state index in [0.29, 0.717) is 23.7 Å². The first-order valence-corrected chi connectivity index (χ1v) is 13.9. The second-order valence-electron chi connectivity index (χ2n) is 14.5. The van der Waals surface area contributed by atoms with Gasteiger partial charge in [0.1, 0.15) is 0 Å². The summed E-state index contributed by atoms with van der Waals surface area (Å²) in [6, 6.07) is 0. The molecule has 5 aliphatic carbocycles. The summed E-state index contributed by atoms with van der Waals surface area (Å²) < 4.78 is 0. The molecule has 0 spiro atoms. The van der Waals surface area contributed by atoms with E-state index in [1.165, 1.54) is 18.4 Å². The van der Waals surface area contributed by atoms with Gasteiger partial charge in [-0.25, -0.2) is 0 Å². The standard InChI is InChI=1S/C30H48O3/c1-18-10-15-30(25(32)33)17-16-28(6)20(24(30)19(18)2)8-9-22-27(5)13-12-23(31)26(3,4)21(27)11-14-29(22,28)7/h8,18-19,21-24,31H,9-17H2,1-7H3,(H,32,33)/t18-,19-,21-,22+,23-,24+,27-,28+,29+,30+/m1/s1. The van der Waals surface area contributed by atoms with Crippen LogP contribution in [0.2, 0.25) is 0 Å². The molecule has 0 amide bonds. The fourth-order valence-corrected chi connectivity index (χ4v) is 10.8. The Morgan fingerprint density at radius 3 is 2.27 bits per heavy atom. The average Bonchev–Trinajstić information content (AvgIpc) is 2.74. The van der Waals surface area contributed by atoms with Gasteiger partial charge >= 0.3 is 5.97 Å². The van der Waals surface area contributed by atoms with Crippen molar-refractivity contribution in [2.75, 3.05) is 0 Å². The van der Waals surface area contributed by atoms with Gasteiger partial charge in [0, 0.05) is 0 Å². The number of hydrogen-bond donors (Lipinski definition) is 2. The lowest BCUT2D eigenvalue weighted by atomic mass is 9.33. The number of carboxylic acid groups (broad SMARTS) is 1. The Kier molecular flexibility index (Phi) is 5.15. The summed E-state index contributed by atoms with van der Waals surface area (Å²) in [4.78, 5) is 12.8. The lowest BCUT2D eigenvalue weighted by molar-refractivity contribution is -0.206. The molecule has 0 aliphatic heterocycles. The Morgan fingerprint density at radius 2 is 1.61 bits per heavy atom. The molecule has 0 aromatic carbocycles. The van der Waals surface area contributed by atoms with Crippen molar-refractivity contribution in [3.63, 3.8) is 0 Å². The summed E-state index contributed by atoms with van der Waals surface area (Å²) in [6.07, 6.45) is 11.6. The number of rotatable bonds is 1. The SMILES string of the molecule is C[C@@H]1[C@H](C)CC[C@]2(C(=O)O)CC[C@@]3(C)C(=CC[C@H]4[C@]5(C)CC[C@@H](O)C(C)(C)[C@H]5CC[C@@]43C)[C@H]12. The molecule has 0 saturated heterocycles. The molecule has 4 saturated carbocycles. The van der Waals surface area contributed by atoms with Gasteiger partial charge in [-0.2, -0.15) is 0 Å². The van der Waals surface area contributed by atoms with Gasteiger partial charge in [0.15, 0.2) is 0 Å². The fraction of sp³-hybridized carbons (Fsp3) is 0.900. The normalized spacial score (nSPS) is 55.3. The zero-order chi connectivity index (χ0) is 24.2. The number of allylic oxidation sites excluding steroid dienone is 2. The van der Waals surface area contributed by atoms with Crippen LogP contribution in [0.4, 0.5) is 0 Å². The molecule has 2 N–H and O–H groups in total. The van der Waals surface area contributed by atoms with Crippen LogP contribution in [0.3, 0.4) is 0 Å². The summed E-state index contributed by atoms with van der Waals surface area (Å²) in [6.45, 7) is 17.0. The fourth-order valence-electron chi connectivity index (χ4n) is 10.8. The maximum atomic E-state index is 12.8. The number of carboxylic acids is 1. The van der Waals surface area contributed by atoms with Gasteiger partial charge in [0.05, 0.1) is 11.5 Å². The first-order valence-electron chi connectivity index (χ1n) is 13.9. The number of carbonyl (C=O) groups is 1. The molecule has 33 heavy (non-hydrogen) atoms. The second kappa shape index (κ2) is 7.11. The van der Waals surface area contributed by atoms with E-state index in [1.54, 1.807) is 0 Å². The highest BCUT2D eigenvalue weighted by Gasteiger charge is 2.69. The highest BCUT2D eigenvalue weighted by Crippen LogP contribution is 2.75. The molecule has 0 heterocycles. The molecule has 3 heteroatoms. The van der Waals surface area contributed by atoms with Gasteiger partial charge in [0.25, 0.3) is 0 Å². The van der Waals surface area contributed by atoms with Crippen LogP contribution in [0.25, 0.3) is 0 Å². The van der Waals surface area contributed by atoms with E-state index >= 15 is 0 Å². The van der Waals surface area contributed by atoms with Crippen molar-refractivity contribution < 1.29 is 15.0 Å². The highest BCUT2D eigenvalue weighted by molar-refractivity contribution is 5.76. The quantitative estimate of drug-likeness (QED) is 0.414. The van der Waals surface area contributed by atoms with Gasteiger partial charge in [0.2, 0.25) is 0 Å². The number of aliphatic hydroxyl groups is 1. The number of aliphatic carboxylic acids is 1. The minimum atomic E-state index is -0.557. The smallest absolute Gasteiger partial charge is 0.310 e. The van der Waals surface area contributed by atoms with Crippen LogP contribution in [0, 0.1) is 56.7 Å². The van der Waals surface area contributed by atoms with Crippen molar-refractivity contribution in [1.82, 2.24) is 0 Å². The predicted octanol–water partition coefficient (Wildman–Crippen LogP) is 7.09. The van der Waals surface area contributed by atoms with Crippen LogP contribution >= 0.6 is 0 Å². The van der Waals surface area contributed by atoms with Crippen LogP contribution in [-0.4, -0.2) is 22.3 Å². The number of hydrogen-bond acceptors (Lipinski definition) is 2. The first kappa shape index (κ1) is 23.9. The van der Waals surface area contributed by atoms with Crippen molar-refractivity contribution in [2.45, 2.75) is 112 Å². The maximum Gasteiger partial charge on any atom is 0.310 e. The summed E-state index contributed by atoms with van der Waals surface area (Å²) in [5.41, 5.74) is 1.46. The van der Waals surface area contributed by atoms with E-state index in [0.717, 1.165) is 44.9 Å². The average molecular weight is 457 g/mol. The Morgan fingerprint density at radius 1 is 0.909 bits per heavy atom. The van der Waals surface area contributed by atoms with Gasteiger partial charge < -0.3 is 10.2 Å². The molecule has 0 unspecified atom stereocenters. The highest BCUT2D eigenvalue weighted by atomic mass is 16.4. The molecule has 0 aromatic heterocycles. The predicted molar refractivity (Wildman–Crippen MR) is 133 cm³/mol. The minimum absolute atomic E-state index is 0.0302. The van der Waals surface area contributed by atoms with Crippen molar-refractivity contribution in [2.24, 2.45) is 56.7 Å². The van der Waals surface area contributed by atoms with Crippen LogP contribution < -0.4 is 0 Å². The lowest BCUT2D eigenvalue weighted by Crippen LogP contribution is -2.65. The van der Waals surface area contributed by atoms with Crippen molar-refractivity contribution in [3.05, 3.63) is 11.6 Å². The molecule has 10 atom stereocenters. The third-order valence-corrected chi connectivity index (χ3v) is 13.4. The van der Waals surface area contributed by atoms with Crippen molar-refractivity contribution in [1.29, 1.82) is 0 Å². The van der Waals surface area contributed by atoms with E-state index in [4.69, 9.17) is 0 Å². The molecular formula is C30H48O3.